The van der Waals surface area contributed by atoms with Crippen molar-refractivity contribution in [1.82, 2.24) is 15.2 Å². The van der Waals surface area contributed by atoms with Crippen LogP contribution < -0.4 is 10.5 Å². The normalized spacial score (nSPS) is 10.3. The quantitative estimate of drug-likeness (QED) is 0.856. The Labute approximate surface area is 95.3 Å². The Morgan fingerprint density at radius 3 is 2.65 bits per heavy atom. The van der Waals surface area contributed by atoms with Gasteiger partial charge in [-0.3, -0.25) is 0 Å². The van der Waals surface area contributed by atoms with E-state index in [0.29, 0.717) is 0 Å². The second-order valence-corrected chi connectivity index (χ2v) is 3.16. The van der Waals surface area contributed by atoms with E-state index in [1.165, 1.54) is 7.11 Å². The summed E-state index contributed by atoms with van der Waals surface area (Å²) in [5.74, 6) is -1.64. The molecule has 0 saturated carbocycles. The third kappa shape index (κ3) is 1.99. The zero-order valence-corrected chi connectivity index (χ0v) is 8.82. The smallest absolute Gasteiger partial charge is 0.165 e. The lowest BCUT2D eigenvalue weighted by Crippen LogP contribution is -2.01. The Bertz CT molecular complexity index is 562. The van der Waals surface area contributed by atoms with Crippen LogP contribution in [0.1, 0.15) is 0 Å². The van der Waals surface area contributed by atoms with Crippen LogP contribution in [0, 0.1) is 11.6 Å². The second kappa shape index (κ2) is 4.28. The van der Waals surface area contributed by atoms with Crippen molar-refractivity contribution in [3.8, 4) is 17.0 Å². The number of rotatable bonds is 2. The van der Waals surface area contributed by atoms with Crippen LogP contribution in [0.25, 0.3) is 11.3 Å². The molecule has 17 heavy (non-hydrogen) atoms. The number of nitrogen functional groups attached to an aromatic ring is 1. The van der Waals surface area contributed by atoms with Crippen LogP contribution in [0.3, 0.4) is 0 Å². The van der Waals surface area contributed by atoms with Gasteiger partial charge in [0.2, 0.25) is 0 Å². The Morgan fingerprint density at radius 1 is 1.24 bits per heavy atom. The van der Waals surface area contributed by atoms with Gasteiger partial charge < -0.3 is 10.5 Å². The molecule has 1 aromatic heterocycles. The lowest BCUT2D eigenvalue weighted by molar-refractivity contribution is 0.383. The first kappa shape index (κ1) is 11.2. The summed E-state index contributed by atoms with van der Waals surface area (Å²) in [6.07, 6.45) is 1.12. The van der Waals surface area contributed by atoms with Gasteiger partial charge in [-0.25, -0.2) is 13.8 Å². The molecule has 0 spiro atoms. The molecule has 2 aromatic rings. The number of ether oxygens (including phenoxy) is 1. The molecule has 0 unspecified atom stereocenters. The number of nitrogens with zero attached hydrogens (tertiary/aromatic N) is 3. The first-order chi connectivity index (χ1) is 8.13. The molecular formula is C10H8F2N4O. The summed E-state index contributed by atoms with van der Waals surface area (Å²) in [6, 6.07) is 1.86. The summed E-state index contributed by atoms with van der Waals surface area (Å²) in [4.78, 5) is 3.65. The molecule has 0 atom stereocenters. The van der Waals surface area contributed by atoms with Crippen LogP contribution >= 0.6 is 0 Å². The van der Waals surface area contributed by atoms with E-state index in [1.54, 1.807) is 0 Å². The minimum absolute atomic E-state index is 0.00782. The van der Waals surface area contributed by atoms with E-state index in [2.05, 4.69) is 19.9 Å². The molecule has 88 valence electrons. The molecule has 1 heterocycles. The van der Waals surface area contributed by atoms with Crippen LogP contribution in [0.4, 0.5) is 14.6 Å². The predicted octanol–water partition coefficient (Wildman–Crippen LogP) is 1.41. The van der Waals surface area contributed by atoms with E-state index in [1.807, 2.05) is 0 Å². The molecule has 2 rings (SSSR count). The summed E-state index contributed by atoms with van der Waals surface area (Å²) >= 11 is 0. The second-order valence-electron chi connectivity index (χ2n) is 3.16. The van der Waals surface area contributed by atoms with Crippen molar-refractivity contribution in [3.05, 3.63) is 30.1 Å². The number of halogens is 2. The van der Waals surface area contributed by atoms with Gasteiger partial charge in [0, 0.05) is 11.6 Å². The van der Waals surface area contributed by atoms with Gasteiger partial charge in [0.15, 0.2) is 17.4 Å². The topological polar surface area (TPSA) is 73.9 Å². The molecule has 5 nitrogen and oxygen atoms in total. The highest BCUT2D eigenvalue weighted by Crippen LogP contribution is 2.29. The standard InChI is InChI=1S/C10H8F2N4O/c1-17-8-3-6(11)5(2-7(8)12)9-10(13)14-4-15-16-9/h2-4H,1H3,(H2,13,14,15). The highest BCUT2D eigenvalue weighted by atomic mass is 19.1. The minimum Gasteiger partial charge on any atom is -0.494 e. The van der Waals surface area contributed by atoms with Crippen molar-refractivity contribution in [2.75, 3.05) is 12.8 Å². The number of methoxy groups -OCH3 is 1. The maximum absolute atomic E-state index is 13.7. The highest BCUT2D eigenvalue weighted by molar-refractivity contribution is 5.70. The van der Waals surface area contributed by atoms with Gasteiger partial charge >= 0.3 is 0 Å². The van der Waals surface area contributed by atoms with Crippen molar-refractivity contribution < 1.29 is 13.5 Å². The van der Waals surface area contributed by atoms with Crippen LogP contribution in [-0.2, 0) is 0 Å². The number of benzene rings is 1. The number of nitrogens with two attached hydrogens (primary N) is 1. The van der Waals surface area contributed by atoms with Gasteiger partial charge in [-0.05, 0) is 6.07 Å². The summed E-state index contributed by atoms with van der Waals surface area (Å²) in [5, 5.41) is 7.09. The summed E-state index contributed by atoms with van der Waals surface area (Å²) in [6.45, 7) is 0. The number of anilines is 1. The van der Waals surface area contributed by atoms with Gasteiger partial charge in [-0.1, -0.05) is 0 Å². The minimum atomic E-state index is -0.714. The van der Waals surface area contributed by atoms with Crippen molar-refractivity contribution in [1.29, 1.82) is 0 Å². The van der Waals surface area contributed by atoms with Gasteiger partial charge in [0.05, 0.1) is 7.11 Å². The fourth-order valence-corrected chi connectivity index (χ4v) is 1.34. The zero-order valence-electron chi connectivity index (χ0n) is 8.82. The molecule has 1 aromatic carbocycles. The third-order valence-corrected chi connectivity index (χ3v) is 2.15. The molecule has 0 fully saturated rings. The average Bonchev–Trinajstić information content (AvgIpc) is 2.32. The molecule has 0 amide bonds. The molecule has 7 heteroatoms. The maximum Gasteiger partial charge on any atom is 0.165 e. The largest absolute Gasteiger partial charge is 0.494 e. The molecule has 0 aliphatic rings. The zero-order chi connectivity index (χ0) is 12.4. The monoisotopic (exact) mass is 238 g/mol. The number of hydrogen-bond acceptors (Lipinski definition) is 5. The van der Waals surface area contributed by atoms with E-state index in [4.69, 9.17) is 5.73 Å². The third-order valence-electron chi connectivity index (χ3n) is 2.15. The number of hydrogen-bond donors (Lipinski definition) is 1. The average molecular weight is 238 g/mol. The SMILES string of the molecule is COc1cc(F)c(-c2nncnc2N)cc1F. The van der Waals surface area contributed by atoms with Crippen LogP contribution in [0.5, 0.6) is 5.75 Å². The molecule has 0 aliphatic heterocycles. The molecule has 0 radical (unpaired) electrons. The molecule has 0 bridgehead atoms. The number of aromatic nitrogens is 3. The molecule has 2 N–H and O–H groups in total. The van der Waals surface area contributed by atoms with Gasteiger partial charge in [0.25, 0.3) is 0 Å². The summed E-state index contributed by atoms with van der Waals surface area (Å²) in [5.41, 5.74) is 5.39. The molecular weight excluding hydrogens is 230 g/mol. The van der Waals surface area contributed by atoms with E-state index >= 15 is 0 Å². The van der Waals surface area contributed by atoms with Crippen molar-refractivity contribution in [2.24, 2.45) is 0 Å². The highest BCUT2D eigenvalue weighted by Gasteiger charge is 2.15. The summed E-state index contributed by atoms with van der Waals surface area (Å²) in [7, 11) is 1.25. The first-order valence-electron chi connectivity index (χ1n) is 4.60. The Kier molecular flexibility index (Phi) is 2.82. The fraction of sp³-hybridized carbons (Fsp3) is 0.100. The van der Waals surface area contributed by atoms with E-state index in [-0.39, 0.29) is 22.8 Å². The Morgan fingerprint density at radius 2 is 2.00 bits per heavy atom. The van der Waals surface area contributed by atoms with E-state index in [0.717, 1.165) is 18.5 Å². The predicted molar refractivity (Wildman–Crippen MR) is 56.1 cm³/mol. The van der Waals surface area contributed by atoms with Gasteiger partial charge in [-0.15, -0.1) is 10.2 Å². The maximum atomic E-state index is 13.7. The van der Waals surface area contributed by atoms with Crippen molar-refractivity contribution >= 4 is 5.82 Å². The van der Waals surface area contributed by atoms with Crippen molar-refractivity contribution in [2.45, 2.75) is 0 Å². The Hall–Kier alpha value is -2.31. The lowest BCUT2D eigenvalue weighted by Gasteiger charge is -2.07. The van der Waals surface area contributed by atoms with Crippen LogP contribution in [-0.4, -0.2) is 22.3 Å². The molecule has 0 saturated heterocycles. The summed E-state index contributed by atoms with van der Waals surface area (Å²) < 4.78 is 31.8. The van der Waals surface area contributed by atoms with E-state index in [9.17, 15) is 8.78 Å². The van der Waals surface area contributed by atoms with Crippen molar-refractivity contribution in [3.63, 3.8) is 0 Å². The van der Waals surface area contributed by atoms with Gasteiger partial charge in [-0.2, -0.15) is 0 Å². The van der Waals surface area contributed by atoms with Gasteiger partial charge in [0.1, 0.15) is 17.8 Å². The van der Waals surface area contributed by atoms with Crippen LogP contribution in [0.15, 0.2) is 18.5 Å². The van der Waals surface area contributed by atoms with E-state index < -0.39 is 11.6 Å². The fourth-order valence-electron chi connectivity index (χ4n) is 1.34. The Balaban J connectivity index is 2.61. The molecule has 0 aliphatic carbocycles. The van der Waals surface area contributed by atoms with Crippen LogP contribution in [0.2, 0.25) is 0 Å². The lowest BCUT2D eigenvalue weighted by atomic mass is 10.1. The first-order valence-corrected chi connectivity index (χ1v) is 4.60.